The monoisotopic (exact) mass is 537 g/mol. The normalized spacial score (nSPS) is 21.4. The summed E-state index contributed by atoms with van der Waals surface area (Å²) >= 11 is 1.51. The van der Waals surface area contributed by atoms with E-state index in [1.807, 2.05) is 24.3 Å². The van der Waals surface area contributed by atoms with Gasteiger partial charge in [0.1, 0.15) is 28.4 Å². The van der Waals surface area contributed by atoms with E-state index in [0.29, 0.717) is 45.9 Å². The number of aliphatic hydroxyl groups is 3. The number of anilines is 3. The average Bonchev–Trinajstić information content (AvgIpc) is 3.45. The minimum atomic E-state index is -1.16. The molecule has 1 aliphatic rings. The van der Waals surface area contributed by atoms with E-state index in [2.05, 4.69) is 15.6 Å². The highest BCUT2D eigenvalue weighted by atomic mass is 32.1. The van der Waals surface area contributed by atoms with E-state index in [4.69, 9.17) is 19.4 Å². The molecule has 0 saturated heterocycles. The van der Waals surface area contributed by atoms with Gasteiger partial charge in [0, 0.05) is 18.2 Å². The number of nitrogens with zero attached hydrogens (tertiary/aromatic N) is 3. The van der Waals surface area contributed by atoms with E-state index in [9.17, 15) is 15.3 Å². The number of hydrogen-bond acceptors (Lipinski definition) is 11. The Morgan fingerprint density at radius 2 is 1.82 bits per heavy atom. The lowest BCUT2D eigenvalue weighted by Gasteiger charge is -2.28. The van der Waals surface area contributed by atoms with Gasteiger partial charge in [-0.3, -0.25) is 0 Å². The second-order valence-electron chi connectivity index (χ2n) is 9.86. The highest BCUT2D eigenvalue weighted by Gasteiger charge is 2.47. The van der Waals surface area contributed by atoms with Crippen molar-refractivity contribution in [3.8, 4) is 22.1 Å². The minimum Gasteiger partial charge on any atom is -0.497 e. The topological polar surface area (TPSA) is 142 Å². The average molecular weight is 538 g/mol. The molecule has 4 aromatic rings. The van der Waals surface area contributed by atoms with Crippen LogP contribution in [-0.4, -0.2) is 68.3 Å². The molecule has 5 rings (SSSR count). The number of fused-ring (bicyclic) bond motifs is 1. The zero-order chi connectivity index (χ0) is 27.0. The van der Waals surface area contributed by atoms with Crippen LogP contribution in [0.1, 0.15) is 20.3 Å². The Kier molecular flexibility index (Phi) is 7.10. The van der Waals surface area contributed by atoms with Gasteiger partial charge in [0.2, 0.25) is 5.95 Å². The first kappa shape index (κ1) is 26.1. The van der Waals surface area contributed by atoms with Gasteiger partial charge in [-0.25, -0.2) is 9.97 Å². The predicted molar refractivity (Wildman–Crippen MR) is 147 cm³/mol. The van der Waals surface area contributed by atoms with Crippen molar-refractivity contribution in [2.75, 3.05) is 24.9 Å². The second kappa shape index (κ2) is 10.3. The standard InChI is InChI=1S/C27H31N5O5S/c1-27(2,35)16-12-19(23(34)22(16)33)29-24-15(25-30-18-7-5-6-8-21(18)38-25)13-28-26(32-24)31-17-10-9-14(36-3)11-20(17)37-4/h5-11,13,16,19,22-23,33-35H,12H2,1-4H3,(H2,28,29,31,32)/t16-,19+,22+,23-/m0/s1. The molecular formula is C27H31N5O5S. The minimum absolute atomic E-state index is 0.299. The quantitative estimate of drug-likeness (QED) is 0.225. The molecule has 1 fully saturated rings. The fourth-order valence-corrected chi connectivity index (χ4v) is 5.75. The molecule has 2 aromatic heterocycles. The number of rotatable bonds is 8. The lowest BCUT2D eigenvalue weighted by molar-refractivity contribution is -0.0601. The van der Waals surface area contributed by atoms with E-state index >= 15 is 0 Å². The summed E-state index contributed by atoms with van der Waals surface area (Å²) in [4.78, 5) is 14.0. The van der Waals surface area contributed by atoms with Gasteiger partial charge in [-0.05, 0) is 44.5 Å². The molecule has 200 valence electrons. The van der Waals surface area contributed by atoms with Crippen LogP contribution < -0.4 is 20.1 Å². The highest BCUT2D eigenvalue weighted by Crippen LogP contribution is 2.39. The van der Waals surface area contributed by atoms with Crippen LogP contribution in [0.25, 0.3) is 20.8 Å². The van der Waals surface area contributed by atoms with Crippen LogP contribution in [0.3, 0.4) is 0 Å². The number of hydrogen-bond donors (Lipinski definition) is 5. The molecule has 1 aliphatic carbocycles. The van der Waals surface area contributed by atoms with Crippen LogP contribution in [-0.2, 0) is 0 Å². The summed E-state index contributed by atoms with van der Waals surface area (Å²) in [5, 5.41) is 39.2. The molecule has 0 radical (unpaired) electrons. The fraction of sp³-hybridized carbons (Fsp3) is 0.370. The van der Waals surface area contributed by atoms with Gasteiger partial charge < -0.3 is 35.4 Å². The summed E-state index contributed by atoms with van der Waals surface area (Å²) in [6, 6.07) is 12.7. The molecule has 11 heteroatoms. The van der Waals surface area contributed by atoms with Gasteiger partial charge in [0.05, 0.1) is 53.4 Å². The van der Waals surface area contributed by atoms with Gasteiger partial charge in [0.15, 0.2) is 0 Å². The molecule has 5 N–H and O–H groups in total. The van der Waals surface area contributed by atoms with E-state index < -0.39 is 29.8 Å². The largest absolute Gasteiger partial charge is 0.497 e. The molecular weight excluding hydrogens is 506 g/mol. The van der Waals surface area contributed by atoms with Crippen molar-refractivity contribution in [2.45, 2.75) is 44.1 Å². The van der Waals surface area contributed by atoms with Crippen LogP contribution in [0.2, 0.25) is 0 Å². The van der Waals surface area contributed by atoms with E-state index in [-0.39, 0.29) is 0 Å². The van der Waals surface area contributed by atoms with Gasteiger partial charge in [-0.2, -0.15) is 4.98 Å². The Morgan fingerprint density at radius 3 is 2.50 bits per heavy atom. The lowest BCUT2D eigenvalue weighted by Crippen LogP contribution is -2.40. The van der Waals surface area contributed by atoms with E-state index in [1.54, 1.807) is 52.5 Å². The van der Waals surface area contributed by atoms with Crippen molar-refractivity contribution >= 4 is 39.0 Å². The van der Waals surface area contributed by atoms with Gasteiger partial charge >= 0.3 is 0 Å². The molecule has 1 saturated carbocycles. The third-order valence-corrected chi connectivity index (χ3v) is 7.95. The van der Waals surface area contributed by atoms with Crippen LogP contribution in [0.15, 0.2) is 48.7 Å². The third-order valence-electron chi connectivity index (χ3n) is 6.88. The summed E-state index contributed by atoms with van der Waals surface area (Å²) < 4.78 is 11.8. The Balaban J connectivity index is 1.52. The predicted octanol–water partition coefficient (Wildman–Crippen LogP) is 3.81. The maximum Gasteiger partial charge on any atom is 0.229 e. The van der Waals surface area contributed by atoms with Crippen molar-refractivity contribution in [2.24, 2.45) is 5.92 Å². The summed E-state index contributed by atoms with van der Waals surface area (Å²) in [5.41, 5.74) is 1.01. The van der Waals surface area contributed by atoms with Crippen molar-refractivity contribution in [3.05, 3.63) is 48.7 Å². The van der Waals surface area contributed by atoms with Crippen LogP contribution in [0, 0.1) is 5.92 Å². The van der Waals surface area contributed by atoms with Crippen LogP contribution in [0.5, 0.6) is 11.5 Å². The summed E-state index contributed by atoms with van der Waals surface area (Å²) in [7, 11) is 3.15. The first-order valence-corrected chi connectivity index (χ1v) is 13.1. The Labute approximate surface area is 224 Å². The van der Waals surface area contributed by atoms with Crippen molar-refractivity contribution in [1.29, 1.82) is 0 Å². The van der Waals surface area contributed by atoms with E-state index in [1.165, 1.54) is 11.3 Å². The number of para-hydroxylation sites is 1. The van der Waals surface area contributed by atoms with Crippen molar-refractivity contribution in [3.63, 3.8) is 0 Å². The zero-order valence-electron chi connectivity index (χ0n) is 21.5. The van der Waals surface area contributed by atoms with Crippen LogP contribution >= 0.6 is 11.3 Å². The Bertz CT molecular complexity index is 1410. The molecule has 0 aliphatic heterocycles. The molecule has 0 unspecified atom stereocenters. The molecule has 10 nitrogen and oxygen atoms in total. The van der Waals surface area contributed by atoms with Gasteiger partial charge in [0.25, 0.3) is 0 Å². The Hall–Kier alpha value is -3.51. The number of nitrogens with one attached hydrogen (secondary N) is 2. The third kappa shape index (κ3) is 5.10. The molecule has 4 atom stereocenters. The molecule has 2 aromatic carbocycles. The fourth-order valence-electron chi connectivity index (χ4n) is 4.77. The van der Waals surface area contributed by atoms with Gasteiger partial charge in [-0.1, -0.05) is 12.1 Å². The maximum absolute atomic E-state index is 10.8. The van der Waals surface area contributed by atoms with Crippen LogP contribution in [0.4, 0.5) is 17.5 Å². The zero-order valence-corrected chi connectivity index (χ0v) is 22.4. The highest BCUT2D eigenvalue weighted by molar-refractivity contribution is 7.21. The molecule has 38 heavy (non-hydrogen) atoms. The molecule has 0 spiro atoms. The lowest BCUT2D eigenvalue weighted by atomic mass is 9.88. The molecule has 0 bridgehead atoms. The summed E-state index contributed by atoms with van der Waals surface area (Å²) in [6.07, 6.45) is -0.148. The Morgan fingerprint density at radius 1 is 1.03 bits per heavy atom. The summed E-state index contributed by atoms with van der Waals surface area (Å²) in [5.74, 6) is 1.44. The summed E-state index contributed by atoms with van der Waals surface area (Å²) in [6.45, 7) is 3.27. The number of thiazole rings is 1. The van der Waals surface area contributed by atoms with Crippen molar-refractivity contribution < 1.29 is 24.8 Å². The molecule has 2 heterocycles. The molecule has 0 amide bonds. The second-order valence-corrected chi connectivity index (χ2v) is 10.9. The number of aromatic nitrogens is 3. The SMILES string of the molecule is COc1ccc(Nc2ncc(-c3nc4ccccc4s3)c(N[C@@H]3C[C@H](C(C)(C)O)[C@@H](O)[C@H]3O)n2)c(OC)c1. The first-order chi connectivity index (χ1) is 18.2. The smallest absolute Gasteiger partial charge is 0.229 e. The number of methoxy groups -OCH3 is 2. The van der Waals surface area contributed by atoms with Crippen molar-refractivity contribution in [1.82, 2.24) is 15.0 Å². The number of benzene rings is 2. The van der Waals surface area contributed by atoms with Gasteiger partial charge in [-0.15, -0.1) is 11.3 Å². The first-order valence-electron chi connectivity index (χ1n) is 12.2. The number of aliphatic hydroxyl groups excluding tert-OH is 2. The maximum atomic E-state index is 10.8. The number of ether oxygens (including phenoxy) is 2. The van der Waals surface area contributed by atoms with E-state index in [0.717, 1.165) is 10.2 Å².